The molecule has 98 valence electrons. The molecule has 0 aromatic heterocycles. The molecular weight excluding hydrogens is 320 g/mol. The smallest absolute Gasteiger partial charge is 0.308 e. The van der Waals surface area contributed by atoms with Crippen molar-refractivity contribution in [2.24, 2.45) is 5.92 Å². The van der Waals surface area contributed by atoms with Crippen molar-refractivity contribution in [2.75, 3.05) is 5.75 Å². The number of carbonyl (C=O) groups is 1. The average Bonchev–Trinajstić information content (AvgIpc) is 3.06. The number of benzene rings is 1. The Balaban J connectivity index is 2.33. The highest BCUT2D eigenvalue weighted by Gasteiger charge is 2.62. The van der Waals surface area contributed by atoms with Gasteiger partial charge in [-0.05, 0) is 17.7 Å². The SMILES string of the molecule is CCS(=O)(=O)[C@@H]1[C@@H](C(=O)O)[C@H]1c1ccc(Br)cc1. The van der Waals surface area contributed by atoms with Crippen molar-refractivity contribution >= 4 is 31.7 Å². The number of carboxylic acid groups (broad SMARTS) is 1. The highest BCUT2D eigenvalue weighted by molar-refractivity contribution is 9.10. The Kier molecular flexibility index (Phi) is 3.51. The fraction of sp³-hybridized carbons (Fsp3) is 0.417. The molecule has 2 rings (SSSR count). The molecule has 1 aromatic rings. The van der Waals surface area contributed by atoms with E-state index in [1.165, 1.54) is 0 Å². The third kappa shape index (κ3) is 2.31. The van der Waals surface area contributed by atoms with Gasteiger partial charge in [-0.15, -0.1) is 0 Å². The van der Waals surface area contributed by atoms with Gasteiger partial charge in [0.1, 0.15) is 0 Å². The monoisotopic (exact) mass is 332 g/mol. The van der Waals surface area contributed by atoms with Crippen molar-refractivity contribution in [3.8, 4) is 0 Å². The molecule has 0 spiro atoms. The fourth-order valence-electron chi connectivity index (χ4n) is 2.30. The van der Waals surface area contributed by atoms with Crippen LogP contribution in [0.3, 0.4) is 0 Å². The zero-order chi connectivity index (χ0) is 13.5. The van der Waals surface area contributed by atoms with Gasteiger partial charge in [0.15, 0.2) is 9.84 Å². The largest absolute Gasteiger partial charge is 0.481 e. The maximum absolute atomic E-state index is 11.9. The van der Waals surface area contributed by atoms with Crippen LogP contribution in [0.4, 0.5) is 0 Å². The highest BCUT2D eigenvalue weighted by Crippen LogP contribution is 2.52. The van der Waals surface area contributed by atoms with E-state index in [1.807, 2.05) is 0 Å². The summed E-state index contributed by atoms with van der Waals surface area (Å²) < 4.78 is 24.6. The van der Waals surface area contributed by atoms with E-state index in [0.717, 1.165) is 10.0 Å². The molecule has 0 amide bonds. The maximum atomic E-state index is 11.9. The molecule has 1 N–H and O–H groups in total. The van der Waals surface area contributed by atoms with Gasteiger partial charge in [-0.1, -0.05) is 35.0 Å². The zero-order valence-electron chi connectivity index (χ0n) is 9.71. The Bertz CT molecular complexity index is 564. The number of sulfone groups is 1. The Labute approximate surface area is 114 Å². The van der Waals surface area contributed by atoms with Gasteiger partial charge in [0, 0.05) is 16.1 Å². The predicted molar refractivity (Wildman–Crippen MR) is 71.3 cm³/mol. The van der Waals surface area contributed by atoms with E-state index in [4.69, 9.17) is 5.11 Å². The first-order valence-corrected chi connectivity index (χ1v) is 8.09. The third-order valence-electron chi connectivity index (χ3n) is 3.31. The summed E-state index contributed by atoms with van der Waals surface area (Å²) in [7, 11) is -3.32. The lowest BCUT2D eigenvalue weighted by atomic mass is 10.1. The molecule has 0 heterocycles. The lowest BCUT2D eigenvalue weighted by Crippen LogP contribution is -2.14. The van der Waals surface area contributed by atoms with Crippen LogP contribution in [0.1, 0.15) is 18.4 Å². The summed E-state index contributed by atoms with van der Waals surface area (Å²) in [6, 6.07) is 7.14. The molecule has 1 aliphatic rings. The molecule has 1 fully saturated rings. The van der Waals surface area contributed by atoms with Crippen molar-refractivity contribution in [3.05, 3.63) is 34.3 Å². The van der Waals surface area contributed by atoms with E-state index >= 15 is 0 Å². The minimum Gasteiger partial charge on any atom is -0.481 e. The number of rotatable bonds is 4. The van der Waals surface area contributed by atoms with E-state index in [1.54, 1.807) is 31.2 Å². The number of carboxylic acids is 1. The molecule has 0 radical (unpaired) electrons. The van der Waals surface area contributed by atoms with Gasteiger partial charge < -0.3 is 5.11 Å². The quantitative estimate of drug-likeness (QED) is 0.915. The summed E-state index contributed by atoms with van der Waals surface area (Å²) in [6.07, 6.45) is 0. The summed E-state index contributed by atoms with van der Waals surface area (Å²) in [6.45, 7) is 1.55. The van der Waals surface area contributed by atoms with E-state index in [9.17, 15) is 13.2 Å². The van der Waals surface area contributed by atoms with Crippen molar-refractivity contribution in [1.82, 2.24) is 0 Å². The minimum absolute atomic E-state index is 0.0194. The van der Waals surface area contributed by atoms with Crippen LogP contribution in [-0.2, 0) is 14.6 Å². The molecule has 1 aliphatic carbocycles. The van der Waals surface area contributed by atoms with Crippen LogP contribution in [0.25, 0.3) is 0 Å². The van der Waals surface area contributed by atoms with E-state index in [0.29, 0.717) is 0 Å². The summed E-state index contributed by atoms with van der Waals surface area (Å²) in [5.41, 5.74) is 0.771. The molecule has 3 atom stereocenters. The van der Waals surface area contributed by atoms with Crippen LogP contribution in [-0.4, -0.2) is 30.5 Å². The number of halogens is 1. The fourth-order valence-corrected chi connectivity index (χ4v) is 4.36. The summed E-state index contributed by atoms with van der Waals surface area (Å²) in [5.74, 6) is -2.28. The first-order chi connectivity index (χ1) is 8.38. The lowest BCUT2D eigenvalue weighted by molar-refractivity contribution is -0.138. The number of hydrogen-bond donors (Lipinski definition) is 1. The van der Waals surface area contributed by atoms with Crippen LogP contribution in [0.2, 0.25) is 0 Å². The zero-order valence-corrected chi connectivity index (χ0v) is 12.1. The van der Waals surface area contributed by atoms with Crippen molar-refractivity contribution in [2.45, 2.75) is 18.1 Å². The molecule has 0 aliphatic heterocycles. The Morgan fingerprint density at radius 1 is 1.33 bits per heavy atom. The molecule has 1 aromatic carbocycles. The van der Waals surface area contributed by atoms with Gasteiger partial charge in [0.25, 0.3) is 0 Å². The summed E-state index contributed by atoms with van der Waals surface area (Å²) in [5, 5.41) is 8.32. The van der Waals surface area contributed by atoms with E-state index in [-0.39, 0.29) is 5.75 Å². The van der Waals surface area contributed by atoms with Crippen LogP contribution >= 0.6 is 15.9 Å². The van der Waals surface area contributed by atoms with Crippen molar-refractivity contribution < 1.29 is 18.3 Å². The third-order valence-corrected chi connectivity index (χ3v) is 6.06. The molecule has 4 nitrogen and oxygen atoms in total. The van der Waals surface area contributed by atoms with E-state index in [2.05, 4.69) is 15.9 Å². The second-order valence-electron chi connectivity index (χ2n) is 4.36. The standard InChI is InChI=1S/C12H13BrO4S/c1-2-18(16,17)11-9(10(11)12(14)15)7-3-5-8(13)6-4-7/h3-6,9-11H,2H2,1H3,(H,14,15)/t9-,10+,11+/m1/s1. The van der Waals surface area contributed by atoms with Gasteiger partial charge in [-0.25, -0.2) is 8.42 Å². The van der Waals surface area contributed by atoms with Gasteiger partial charge >= 0.3 is 5.97 Å². The van der Waals surface area contributed by atoms with Crippen molar-refractivity contribution in [1.29, 1.82) is 0 Å². The predicted octanol–water partition coefficient (Wildman–Crippen LogP) is 2.05. The Morgan fingerprint density at radius 2 is 1.89 bits per heavy atom. The molecule has 1 saturated carbocycles. The van der Waals surface area contributed by atoms with Crippen molar-refractivity contribution in [3.63, 3.8) is 0 Å². The lowest BCUT2D eigenvalue weighted by Gasteiger charge is -2.00. The second kappa shape index (κ2) is 4.66. The summed E-state index contributed by atoms with van der Waals surface area (Å²) >= 11 is 3.29. The van der Waals surface area contributed by atoms with Gasteiger partial charge in [-0.2, -0.15) is 0 Å². The normalized spacial score (nSPS) is 26.9. The number of hydrogen-bond acceptors (Lipinski definition) is 3. The van der Waals surface area contributed by atoms with Crippen LogP contribution in [0, 0.1) is 5.92 Å². The van der Waals surface area contributed by atoms with E-state index < -0.39 is 32.9 Å². The first kappa shape index (κ1) is 13.5. The molecular formula is C12H13BrO4S. The molecule has 6 heteroatoms. The van der Waals surface area contributed by atoms with Gasteiger partial charge in [-0.3, -0.25) is 4.79 Å². The molecule has 0 saturated heterocycles. The highest BCUT2D eigenvalue weighted by atomic mass is 79.9. The van der Waals surface area contributed by atoms with Crippen LogP contribution in [0.5, 0.6) is 0 Å². The number of aliphatic carboxylic acids is 1. The van der Waals surface area contributed by atoms with Gasteiger partial charge in [0.05, 0.1) is 11.2 Å². The minimum atomic E-state index is -3.32. The Hall–Kier alpha value is -0.880. The molecule has 18 heavy (non-hydrogen) atoms. The van der Waals surface area contributed by atoms with Crippen LogP contribution < -0.4 is 0 Å². The molecule has 0 unspecified atom stereocenters. The topological polar surface area (TPSA) is 71.4 Å². The summed E-state index contributed by atoms with van der Waals surface area (Å²) in [4.78, 5) is 11.1. The van der Waals surface area contributed by atoms with Gasteiger partial charge in [0.2, 0.25) is 0 Å². The second-order valence-corrected chi connectivity index (χ2v) is 7.72. The Morgan fingerprint density at radius 3 is 2.33 bits per heavy atom. The average molecular weight is 333 g/mol. The van der Waals surface area contributed by atoms with Crippen LogP contribution in [0.15, 0.2) is 28.7 Å². The maximum Gasteiger partial charge on any atom is 0.308 e. The molecule has 0 bridgehead atoms. The first-order valence-electron chi connectivity index (χ1n) is 5.58.